The van der Waals surface area contributed by atoms with Gasteiger partial charge in [-0.1, -0.05) is 12.1 Å². The first-order valence-corrected chi connectivity index (χ1v) is 4.56. The van der Waals surface area contributed by atoms with Gasteiger partial charge in [-0.3, -0.25) is 15.2 Å². The largest absolute Gasteiger partial charge is 0.392 e. The maximum atomic E-state index is 11.0. The topological polar surface area (TPSA) is 52.6 Å². The number of amides is 1. The highest BCUT2D eigenvalue weighted by atomic mass is 16.3. The smallest absolute Gasteiger partial charge is 0.240 e. The Morgan fingerprint density at radius 2 is 2.36 bits per heavy atom. The molecule has 0 radical (unpaired) electrons. The van der Waals surface area contributed by atoms with Gasteiger partial charge >= 0.3 is 0 Å². The van der Waals surface area contributed by atoms with Crippen molar-refractivity contribution in [3.05, 3.63) is 29.8 Å². The molecule has 0 unspecified atom stereocenters. The van der Waals surface area contributed by atoms with Gasteiger partial charge in [0.05, 0.1) is 12.3 Å². The first-order chi connectivity index (χ1) is 6.79. The van der Waals surface area contributed by atoms with E-state index in [4.69, 9.17) is 5.11 Å². The van der Waals surface area contributed by atoms with E-state index in [1.165, 1.54) is 0 Å². The fraction of sp³-hybridized carbons (Fsp3) is 0.300. The minimum Gasteiger partial charge on any atom is -0.392 e. The number of carbonyl (C=O) groups excluding carboxylic acids is 1. The van der Waals surface area contributed by atoms with Gasteiger partial charge in [-0.05, 0) is 17.7 Å². The summed E-state index contributed by atoms with van der Waals surface area (Å²) < 4.78 is 0. The predicted octanol–water partition coefficient (Wildman–Crippen LogP) is 0.420. The molecule has 0 aliphatic carbocycles. The minimum atomic E-state index is 0.0234. The van der Waals surface area contributed by atoms with Gasteiger partial charge in [0.25, 0.3) is 0 Å². The molecule has 1 amide bonds. The van der Waals surface area contributed by atoms with E-state index in [1.54, 1.807) is 5.01 Å². The minimum absolute atomic E-state index is 0.0234. The fourth-order valence-electron chi connectivity index (χ4n) is 1.49. The van der Waals surface area contributed by atoms with Gasteiger partial charge in [0.2, 0.25) is 5.91 Å². The average molecular weight is 192 g/mol. The molecule has 14 heavy (non-hydrogen) atoms. The summed E-state index contributed by atoms with van der Waals surface area (Å²) in [6, 6.07) is 7.49. The number of carbonyl (C=O) groups is 1. The van der Waals surface area contributed by atoms with Crippen LogP contribution in [0.4, 0.5) is 5.69 Å². The molecule has 0 bridgehead atoms. The van der Waals surface area contributed by atoms with Crippen molar-refractivity contribution < 1.29 is 9.90 Å². The second kappa shape index (κ2) is 3.67. The van der Waals surface area contributed by atoms with Crippen LogP contribution in [0.15, 0.2) is 24.3 Å². The van der Waals surface area contributed by atoms with Crippen molar-refractivity contribution in [2.45, 2.75) is 13.0 Å². The van der Waals surface area contributed by atoms with Crippen LogP contribution in [-0.4, -0.2) is 17.6 Å². The second-order valence-corrected chi connectivity index (χ2v) is 3.26. The Hall–Kier alpha value is -1.55. The van der Waals surface area contributed by atoms with Crippen LogP contribution in [0.25, 0.3) is 0 Å². The Kier molecular flexibility index (Phi) is 2.37. The van der Waals surface area contributed by atoms with E-state index >= 15 is 0 Å². The van der Waals surface area contributed by atoms with E-state index in [1.807, 2.05) is 24.3 Å². The lowest BCUT2D eigenvalue weighted by molar-refractivity contribution is -0.119. The number of nitrogens with zero attached hydrogens (tertiary/aromatic N) is 1. The lowest BCUT2D eigenvalue weighted by Gasteiger charge is -2.17. The van der Waals surface area contributed by atoms with E-state index in [0.717, 1.165) is 11.3 Å². The molecule has 2 N–H and O–H groups in total. The highest BCUT2D eigenvalue weighted by Gasteiger charge is 2.18. The van der Waals surface area contributed by atoms with E-state index in [2.05, 4.69) is 5.43 Å². The third-order valence-electron chi connectivity index (χ3n) is 2.23. The zero-order valence-electron chi connectivity index (χ0n) is 7.73. The Balaban J connectivity index is 2.19. The van der Waals surface area contributed by atoms with Crippen molar-refractivity contribution in [3.8, 4) is 0 Å². The lowest BCUT2D eigenvalue weighted by Crippen LogP contribution is -2.32. The van der Waals surface area contributed by atoms with Gasteiger partial charge in [-0.15, -0.1) is 0 Å². The molecule has 1 fully saturated rings. The maximum absolute atomic E-state index is 11.0. The number of hydrazine groups is 1. The van der Waals surface area contributed by atoms with Crippen LogP contribution in [0.5, 0.6) is 0 Å². The molecular weight excluding hydrogens is 180 g/mol. The molecule has 2 rings (SSSR count). The van der Waals surface area contributed by atoms with Crippen LogP contribution < -0.4 is 10.4 Å². The van der Waals surface area contributed by atoms with E-state index in [0.29, 0.717) is 13.0 Å². The summed E-state index contributed by atoms with van der Waals surface area (Å²) in [6.07, 6.45) is 0.531. The van der Waals surface area contributed by atoms with Crippen LogP contribution in [0.3, 0.4) is 0 Å². The summed E-state index contributed by atoms with van der Waals surface area (Å²) in [6.45, 7) is 0.712. The van der Waals surface area contributed by atoms with Crippen molar-refractivity contribution in [2.75, 3.05) is 11.6 Å². The highest BCUT2D eigenvalue weighted by Crippen LogP contribution is 2.17. The Bertz CT molecular complexity index is 352. The molecule has 1 aliphatic heterocycles. The molecule has 4 heteroatoms. The van der Waals surface area contributed by atoms with E-state index in [-0.39, 0.29) is 12.5 Å². The first kappa shape index (κ1) is 9.02. The molecule has 1 aromatic rings. The standard InChI is InChI=1S/C10H12N2O2/c13-7-8-2-1-3-9(6-8)12-5-4-10(14)11-12/h1-3,6,13H,4-5,7H2,(H,11,14). The SMILES string of the molecule is O=C1CCN(c2cccc(CO)c2)N1. The van der Waals surface area contributed by atoms with Gasteiger partial charge in [0, 0.05) is 13.0 Å². The third kappa shape index (κ3) is 1.70. The van der Waals surface area contributed by atoms with Crippen molar-refractivity contribution >= 4 is 11.6 Å². The molecule has 1 saturated heterocycles. The van der Waals surface area contributed by atoms with Gasteiger partial charge < -0.3 is 5.11 Å². The molecule has 74 valence electrons. The second-order valence-electron chi connectivity index (χ2n) is 3.26. The van der Waals surface area contributed by atoms with E-state index in [9.17, 15) is 4.79 Å². The van der Waals surface area contributed by atoms with Crippen molar-refractivity contribution in [3.63, 3.8) is 0 Å². The number of aliphatic hydroxyl groups excluding tert-OH is 1. The number of hydrogen-bond donors (Lipinski definition) is 2. The average Bonchev–Trinajstić information content (AvgIpc) is 2.65. The number of anilines is 1. The van der Waals surface area contributed by atoms with Gasteiger partial charge in [0.15, 0.2) is 0 Å². The molecule has 1 aromatic carbocycles. The molecule has 1 aliphatic rings. The van der Waals surface area contributed by atoms with Crippen LogP contribution in [-0.2, 0) is 11.4 Å². The molecule has 4 nitrogen and oxygen atoms in total. The van der Waals surface area contributed by atoms with E-state index < -0.39 is 0 Å². The Morgan fingerprint density at radius 3 is 3.00 bits per heavy atom. The number of aliphatic hydroxyl groups is 1. The van der Waals surface area contributed by atoms with Crippen molar-refractivity contribution in [1.29, 1.82) is 0 Å². The molecule has 0 saturated carbocycles. The van der Waals surface area contributed by atoms with Crippen LogP contribution in [0, 0.1) is 0 Å². The zero-order valence-corrected chi connectivity index (χ0v) is 7.73. The summed E-state index contributed by atoms with van der Waals surface area (Å²) in [4.78, 5) is 11.0. The summed E-state index contributed by atoms with van der Waals surface area (Å²) in [5.41, 5.74) is 4.50. The molecule has 1 heterocycles. The zero-order chi connectivity index (χ0) is 9.97. The molecule has 0 aromatic heterocycles. The summed E-state index contributed by atoms with van der Waals surface area (Å²) in [7, 11) is 0. The van der Waals surface area contributed by atoms with Crippen LogP contribution in [0.1, 0.15) is 12.0 Å². The summed E-state index contributed by atoms with van der Waals surface area (Å²) in [5.74, 6) is 0.0411. The highest BCUT2D eigenvalue weighted by molar-refractivity contribution is 5.81. The predicted molar refractivity (Wildman–Crippen MR) is 52.5 cm³/mol. The van der Waals surface area contributed by atoms with Gasteiger partial charge in [0.1, 0.15) is 0 Å². The number of benzene rings is 1. The van der Waals surface area contributed by atoms with Crippen LogP contribution in [0.2, 0.25) is 0 Å². The fourth-order valence-corrected chi connectivity index (χ4v) is 1.49. The summed E-state index contributed by atoms with van der Waals surface area (Å²) >= 11 is 0. The lowest BCUT2D eigenvalue weighted by atomic mass is 10.2. The molecule has 0 atom stereocenters. The van der Waals surface area contributed by atoms with Gasteiger partial charge in [-0.2, -0.15) is 0 Å². The number of nitrogens with one attached hydrogen (secondary N) is 1. The number of rotatable bonds is 2. The monoisotopic (exact) mass is 192 g/mol. The number of hydrogen-bond acceptors (Lipinski definition) is 3. The third-order valence-corrected chi connectivity index (χ3v) is 2.23. The normalized spacial score (nSPS) is 15.8. The Morgan fingerprint density at radius 1 is 1.50 bits per heavy atom. The quantitative estimate of drug-likeness (QED) is 0.714. The molecule has 0 spiro atoms. The first-order valence-electron chi connectivity index (χ1n) is 4.56. The van der Waals surface area contributed by atoms with Crippen molar-refractivity contribution in [2.24, 2.45) is 0 Å². The van der Waals surface area contributed by atoms with Crippen molar-refractivity contribution in [1.82, 2.24) is 5.43 Å². The maximum Gasteiger partial charge on any atom is 0.240 e. The summed E-state index contributed by atoms with van der Waals surface area (Å²) in [5, 5.41) is 10.7. The van der Waals surface area contributed by atoms with Crippen LogP contribution >= 0.6 is 0 Å². The molecular formula is C10H12N2O2. The van der Waals surface area contributed by atoms with Gasteiger partial charge in [-0.25, -0.2) is 0 Å². The Labute approximate surface area is 82.1 Å².